The van der Waals surface area contributed by atoms with Crippen molar-refractivity contribution >= 4 is 23.9 Å². The van der Waals surface area contributed by atoms with E-state index in [4.69, 9.17) is 0 Å². The van der Waals surface area contributed by atoms with Gasteiger partial charge in [0.25, 0.3) is 0 Å². The van der Waals surface area contributed by atoms with Crippen molar-refractivity contribution in [1.29, 1.82) is 0 Å². The molecule has 4 atom stereocenters. The van der Waals surface area contributed by atoms with Gasteiger partial charge in [0, 0.05) is 16.2 Å². The van der Waals surface area contributed by atoms with Gasteiger partial charge in [0.15, 0.2) is 0 Å². The largest absolute Gasteiger partial charge is 0.491 e. The third kappa shape index (κ3) is 14.6. The van der Waals surface area contributed by atoms with Crippen molar-refractivity contribution in [3.63, 3.8) is 0 Å². The molecule has 0 aromatic rings. The Labute approximate surface area is 482 Å². The van der Waals surface area contributed by atoms with Crippen molar-refractivity contribution in [2.75, 3.05) is 19.8 Å². The molecular formula is C38H20F44O12. The number of hydrogen-bond acceptors (Lipinski definition) is 12. The van der Waals surface area contributed by atoms with Gasteiger partial charge in [0.2, 0.25) is 0 Å². The molecule has 94 heavy (non-hydrogen) atoms. The highest BCUT2D eigenvalue weighted by Crippen LogP contribution is 2.75. The number of hydrogen-bond donors (Lipinski definition) is 0. The summed E-state index contributed by atoms with van der Waals surface area (Å²) in [5, 5.41) is 0. The maximum atomic E-state index is 15.4. The zero-order valence-corrected chi connectivity index (χ0v) is 42.6. The van der Waals surface area contributed by atoms with Crippen molar-refractivity contribution in [2.24, 2.45) is 21.7 Å². The molecule has 4 bridgehead atoms. The minimum absolute atomic E-state index is 1.81. The molecule has 0 saturated heterocycles. The van der Waals surface area contributed by atoms with Crippen LogP contribution in [0.4, 0.5) is 193 Å². The predicted molar refractivity (Wildman–Crippen MR) is 189 cm³/mol. The molecule has 12 nitrogen and oxygen atoms in total. The van der Waals surface area contributed by atoms with Crippen LogP contribution in [-0.2, 0) is 57.1 Å². The highest BCUT2D eigenvalue weighted by molar-refractivity contribution is 5.80. The van der Waals surface area contributed by atoms with Crippen LogP contribution < -0.4 is 0 Å². The van der Waals surface area contributed by atoms with Gasteiger partial charge in [0.1, 0.15) is 0 Å². The third-order valence-corrected chi connectivity index (χ3v) is 13.0. The molecule has 0 radical (unpaired) electrons. The molecule has 4 aliphatic rings. The number of ether oxygens (including phenoxy) is 8. The number of halogens is 44. The van der Waals surface area contributed by atoms with Crippen LogP contribution in [0, 0.1) is 21.7 Å². The molecule has 4 saturated carbocycles. The number of carbonyl (C=O) groups is 4. The van der Waals surface area contributed by atoms with E-state index >= 15 is 17.6 Å². The Morgan fingerprint density at radius 2 is 0.447 bits per heavy atom. The summed E-state index contributed by atoms with van der Waals surface area (Å²) in [7, 11) is 0. The van der Waals surface area contributed by atoms with E-state index in [1.54, 1.807) is 0 Å². The normalized spacial score (nSPS) is 25.6. The van der Waals surface area contributed by atoms with E-state index in [-0.39, 0.29) is 0 Å². The van der Waals surface area contributed by atoms with Crippen molar-refractivity contribution in [1.82, 2.24) is 0 Å². The SMILES string of the molecule is O=C(CC12CC3(COC(=O)C(F)(OC(F)(F)C(F)(F)C(F)(F)F)C(F)(F)F)CC(COC(=O)C(F)(OC(F)(F)C(F)(F)C(F)(F)F)C(F)(F)F)(CC(COC(=O)C(F)(OC(F)(F)C(F)(F)C(F)(F)F)C(F)(F)F)(C3)C1)C2)OC(F)(OC(F)(F)C(F)(F)C(F)(F)F)C(F)(F)F. The minimum atomic E-state index is -8.16. The monoisotopic (exact) mass is 1500 g/mol. The van der Waals surface area contributed by atoms with Gasteiger partial charge in [-0.25, -0.2) is 19.1 Å². The lowest BCUT2D eigenvalue weighted by Crippen LogP contribution is -2.66. The van der Waals surface area contributed by atoms with E-state index in [1.165, 1.54) is 0 Å². The second kappa shape index (κ2) is 23.1. The molecule has 4 rings (SSSR count). The Balaban J connectivity index is 2.54. The van der Waals surface area contributed by atoms with E-state index in [2.05, 4.69) is 18.9 Å². The van der Waals surface area contributed by atoms with Crippen molar-refractivity contribution < 1.29 is 250 Å². The lowest BCUT2D eigenvalue weighted by atomic mass is 9.35. The van der Waals surface area contributed by atoms with Crippen LogP contribution >= 0.6 is 0 Å². The smallest absolute Gasteiger partial charge is 0.461 e. The van der Waals surface area contributed by atoms with Crippen LogP contribution in [-0.4, -0.2) is 165 Å². The lowest BCUT2D eigenvalue weighted by molar-refractivity contribution is -0.523. The van der Waals surface area contributed by atoms with E-state index in [9.17, 15) is 195 Å². The van der Waals surface area contributed by atoms with Gasteiger partial charge in [-0.2, -0.15) is 193 Å². The Bertz CT molecular complexity index is 2570. The molecule has 0 aromatic carbocycles. The van der Waals surface area contributed by atoms with Crippen LogP contribution in [0.15, 0.2) is 0 Å². The number of alkyl halides is 44. The number of carbonyl (C=O) groups excluding carboxylic acids is 4. The first-order chi connectivity index (χ1) is 40.6. The van der Waals surface area contributed by atoms with Gasteiger partial charge in [0.05, 0.1) is 26.2 Å². The van der Waals surface area contributed by atoms with Crippen LogP contribution in [0.3, 0.4) is 0 Å². The first kappa shape index (κ1) is 82.9. The average molecular weight is 1500 g/mol. The fourth-order valence-corrected chi connectivity index (χ4v) is 9.99. The van der Waals surface area contributed by atoms with Crippen LogP contribution in [0.25, 0.3) is 0 Å². The molecule has 4 aliphatic carbocycles. The third-order valence-electron chi connectivity index (χ3n) is 13.0. The molecule has 0 amide bonds. The molecular weight excluding hydrogens is 1480 g/mol. The maximum Gasteiger partial charge on any atom is 0.491 e. The van der Waals surface area contributed by atoms with Crippen molar-refractivity contribution in [3.05, 3.63) is 0 Å². The Morgan fingerprint density at radius 3 is 0.628 bits per heavy atom. The number of esters is 4. The quantitative estimate of drug-likeness (QED) is 0.0393. The maximum absolute atomic E-state index is 15.4. The number of rotatable bonds is 24. The van der Waals surface area contributed by atoms with Crippen LogP contribution in [0.5, 0.6) is 0 Å². The summed E-state index contributed by atoms with van der Waals surface area (Å²) in [5.41, 5.74) is -15.4. The fraction of sp³-hybridized carbons (Fsp3) is 0.895. The highest BCUT2D eigenvalue weighted by atomic mass is 19.5. The molecule has 56 heteroatoms. The Hall–Kier alpha value is -5.36. The summed E-state index contributed by atoms with van der Waals surface area (Å²) in [6, 6.07) is -7.63. The second-order valence-corrected chi connectivity index (χ2v) is 20.5. The first-order valence-corrected chi connectivity index (χ1v) is 22.4. The van der Waals surface area contributed by atoms with E-state index in [0.29, 0.717) is 0 Å². The van der Waals surface area contributed by atoms with Crippen LogP contribution in [0.1, 0.15) is 44.9 Å². The zero-order chi connectivity index (χ0) is 75.0. The second-order valence-electron chi connectivity index (χ2n) is 20.5. The first-order valence-electron chi connectivity index (χ1n) is 22.4. The van der Waals surface area contributed by atoms with Crippen molar-refractivity contribution in [3.8, 4) is 0 Å². The summed E-state index contributed by atoms with van der Waals surface area (Å²) in [6.45, 7) is -9.15. The van der Waals surface area contributed by atoms with Gasteiger partial charge in [-0.05, 0) is 43.9 Å². The van der Waals surface area contributed by atoms with Crippen LogP contribution in [0.2, 0.25) is 0 Å². The molecule has 0 aromatic heterocycles. The molecule has 0 aliphatic heterocycles. The molecule has 4 unspecified atom stereocenters. The topological polar surface area (TPSA) is 142 Å². The molecule has 0 N–H and O–H groups in total. The van der Waals surface area contributed by atoms with E-state index < -0.39 is 231 Å². The predicted octanol–water partition coefficient (Wildman–Crippen LogP) is 15.0. The Kier molecular flexibility index (Phi) is 20.4. The lowest BCUT2D eigenvalue weighted by Gasteiger charge is -2.70. The molecule has 4 fully saturated rings. The minimum Gasteiger partial charge on any atom is -0.461 e. The molecule has 552 valence electrons. The van der Waals surface area contributed by atoms with Gasteiger partial charge >= 0.3 is 145 Å². The summed E-state index contributed by atoms with van der Waals surface area (Å²) >= 11 is 0. The van der Waals surface area contributed by atoms with E-state index in [1.807, 2.05) is 18.9 Å². The van der Waals surface area contributed by atoms with Gasteiger partial charge in [-0.3, -0.25) is 19.0 Å². The van der Waals surface area contributed by atoms with Gasteiger partial charge in [-0.1, -0.05) is 0 Å². The van der Waals surface area contributed by atoms with Gasteiger partial charge < -0.3 is 18.9 Å². The standard InChI is InChI=1S/C38H20F44O12/c39-19(26(50,51)52,91-34(74,75)22(42,43)29(59,60)61)12(84)87-8-16-2-15(1-11(83)90-38(82,33(71,72)73)94-37(80,81)25(48,49)32(68,69)70)3-17(5-16,9-88-13(85)20(40,27(53,54)55)92-35(76,77)23(44,45)30(62,63)64)7-18(4-15,6-16)10-89-14(86)21(41,28(56,57)58)93-36(78,79)24(46,47)31(65,66)67/h1-10H2. The summed E-state index contributed by atoms with van der Waals surface area (Å²) in [4.78, 5) is 51.5. The highest BCUT2D eigenvalue weighted by Gasteiger charge is 2.85. The molecule has 0 spiro atoms. The summed E-state index contributed by atoms with van der Waals surface area (Å²) in [5.74, 6) is -73.2. The van der Waals surface area contributed by atoms with E-state index in [0.717, 1.165) is 0 Å². The average Bonchev–Trinajstić information content (AvgIpc) is 0.684. The fourth-order valence-electron chi connectivity index (χ4n) is 9.99. The summed E-state index contributed by atoms with van der Waals surface area (Å²) in [6.07, 6.45) is -112. The zero-order valence-electron chi connectivity index (χ0n) is 42.6. The molecule has 0 heterocycles. The van der Waals surface area contributed by atoms with Crippen molar-refractivity contribution in [2.45, 2.75) is 166 Å². The Morgan fingerprint density at radius 1 is 0.255 bits per heavy atom. The summed E-state index contributed by atoms with van der Waals surface area (Å²) < 4.78 is 626. The van der Waals surface area contributed by atoms with Gasteiger partial charge in [-0.15, -0.1) is 0 Å².